The van der Waals surface area contributed by atoms with Gasteiger partial charge in [0.1, 0.15) is 0 Å². The largest absolute Gasteiger partial charge is 0.427 e. The summed E-state index contributed by atoms with van der Waals surface area (Å²) in [5.41, 5.74) is 1.32. The van der Waals surface area contributed by atoms with Crippen LogP contribution in [0.4, 0.5) is 4.79 Å². The van der Waals surface area contributed by atoms with E-state index in [1.807, 2.05) is 53.4 Å². The molecule has 0 bridgehead atoms. The number of carbonyl (C=O) groups excluding carboxylic acids is 3. The molecule has 1 spiro atoms. The average Bonchev–Trinajstić information content (AvgIpc) is 3.52. The molecule has 1 N–H and O–H groups in total. The average molecular weight is 497 g/mol. The van der Waals surface area contributed by atoms with Crippen LogP contribution in [0.15, 0.2) is 53.0 Å². The molecule has 166 valence electrons. The molecule has 2 fully saturated rings. The Bertz CT molecular complexity index is 1080. The molecule has 2 aromatic rings. The van der Waals surface area contributed by atoms with Crippen LogP contribution >= 0.6 is 15.9 Å². The number of carbonyl (C=O) groups is 3. The van der Waals surface area contributed by atoms with Crippen molar-refractivity contribution >= 4 is 33.8 Å². The molecule has 1 heterocycles. The molecule has 2 aromatic carbocycles. The van der Waals surface area contributed by atoms with Gasteiger partial charge in [0.25, 0.3) is 5.91 Å². The Labute approximate surface area is 195 Å². The molecule has 1 saturated carbocycles. The summed E-state index contributed by atoms with van der Waals surface area (Å²) in [6.45, 7) is 2.70. The Morgan fingerprint density at radius 1 is 1.22 bits per heavy atom. The summed E-state index contributed by atoms with van der Waals surface area (Å²) in [5.74, 6) is -0.0589. The fourth-order valence-corrected chi connectivity index (χ4v) is 5.50. The van der Waals surface area contributed by atoms with Gasteiger partial charge in [-0.1, -0.05) is 52.3 Å². The molecule has 0 aromatic heterocycles. The molecule has 0 radical (unpaired) electrons. The van der Waals surface area contributed by atoms with Crippen molar-refractivity contribution in [3.05, 3.63) is 69.7 Å². The molecule has 3 aliphatic rings. The van der Waals surface area contributed by atoms with E-state index < -0.39 is 17.6 Å². The highest BCUT2D eigenvalue weighted by atomic mass is 79.9. The number of alkyl carbamates (subject to hydrolysis) is 1. The lowest BCUT2D eigenvalue weighted by Gasteiger charge is -2.31. The maximum absolute atomic E-state index is 13.6. The van der Waals surface area contributed by atoms with Crippen molar-refractivity contribution in [3.8, 4) is 0 Å². The van der Waals surface area contributed by atoms with Gasteiger partial charge in [-0.15, -0.1) is 0 Å². The molecule has 3 atom stereocenters. The van der Waals surface area contributed by atoms with Crippen molar-refractivity contribution in [2.24, 2.45) is 5.92 Å². The first-order valence-electron chi connectivity index (χ1n) is 11.0. The monoisotopic (exact) mass is 496 g/mol. The first-order valence-corrected chi connectivity index (χ1v) is 11.8. The normalized spacial score (nSPS) is 24.8. The lowest BCUT2D eigenvalue weighted by Crippen LogP contribution is -2.40. The van der Waals surface area contributed by atoms with Gasteiger partial charge in [-0.3, -0.25) is 14.9 Å². The molecule has 6 nitrogen and oxygen atoms in total. The van der Waals surface area contributed by atoms with Gasteiger partial charge in [-0.05, 0) is 54.9 Å². The number of amides is 3. The van der Waals surface area contributed by atoms with Crippen LogP contribution < -0.4 is 5.32 Å². The minimum atomic E-state index is -1.34. The zero-order valence-corrected chi connectivity index (χ0v) is 19.4. The van der Waals surface area contributed by atoms with Crippen molar-refractivity contribution in [1.29, 1.82) is 0 Å². The zero-order valence-electron chi connectivity index (χ0n) is 17.8. The fourth-order valence-electron chi connectivity index (χ4n) is 5.12. The van der Waals surface area contributed by atoms with E-state index in [1.54, 1.807) is 0 Å². The van der Waals surface area contributed by atoms with Gasteiger partial charge in [0.15, 0.2) is 0 Å². The SMILES string of the molecule is CC(C1CC1)N(Cc1ccccc1)C(=O)CC1CC2(OC(=O)NC2=O)c2ccc(Br)cc21. The number of hydrogen-bond donors (Lipinski definition) is 1. The van der Waals surface area contributed by atoms with Crippen LogP contribution in [0, 0.1) is 5.92 Å². The third kappa shape index (κ3) is 3.72. The predicted octanol–water partition coefficient (Wildman–Crippen LogP) is 4.62. The van der Waals surface area contributed by atoms with E-state index in [9.17, 15) is 14.4 Å². The summed E-state index contributed by atoms with van der Waals surface area (Å²) in [4.78, 5) is 40.2. The third-order valence-electron chi connectivity index (χ3n) is 7.00. The van der Waals surface area contributed by atoms with Crippen molar-refractivity contribution < 1.29 is 19.1 Å². The van der Waals surface area contributed by atoms with E-state index in [0.29, 0.717) is 18.0 Å². The summed E-state index contributed by atoms with van der Waals surface area (Å²) in [7, 11) is 0. The Balaban J connectivity index is 1.43. The van der Waals surface area contributed by atoms with Crippen LogP contribution in [-0.4, -0.2) is 28.8 Å². The zero-order chi connectivity index (χ0) is 22.5. The lowest BCUT2D eigenvalue weighted by atomic mass is 9.93. The van der Waals surface area contributed by atoms with Crippen LogP contribution in [0.2, 0.25) is 0 Å². The highest BCUT2D eigenvalue weighted by Crippen LogP contribution is 2.51. The van der Waals surface area contributed by atoms with Crippen molar-refractivity contribution in [2.75, 3.05) is 0 Å². The Kier molecular flexibility index (Phi) is 5.32. The Morgan fingerprint density at radius 2 is 1.97 bits per heavy atom. The number of rotatable bonds is 6. The summed E-state index contributed by atoms with van der Waals surface area (Å²) >= 11 is 3.50. The number of hydrogen-bond acceptors (Lipinski definition) is 4. The molecule has 5 rings (SSSR count). The van der Waals surface area contributed by atoms with Crippen molar-refractivity contribution in [3.63, 3.8) is 0 Å². The van der Waals surface area contributed by atoms with Crippen LogP contribution in [0.25, 0.3) is 0 Å². The number of nitrogens with one attached hydrogen (secondary N) is 1. The lowest BCUT2D eigenvalue weighted by molar-refractivity contribution is -0.136. The molecule has 1 saturated heterocycles. The molecule has 7 heteroatoms. The molecule has 2 aliphatic carbocycles. The van der Waals surface area contributed by atoms with Gasteiger partial charge in [-0.25, -0.2) is 4.79 Å². The van der Waals surface area contributed by atoms with Crippen LogP contribution in [0.1, 0.15) is 55.2 Å². The molecule has 32 heavy (non-hydrogen) atoms. The van der Waals surface area contributed by atoms with Gasteiger partial charge in [-0.2, -0.15) is 0 Å². The number of benzene rings is 2. The maximum Gasteiger partial charge on any atom is 0.415 e. The van der Waals surface area contributed by atoms with E-state index in [2.05, 4.69) is 28.2 Å². The molecular weight excluding hydrogens is 472 g/mol. The van der Waals surface area contributed by atoms with Crippen molar-refractivity contribution in [1.82, 2.24) is 10.2 Å². The van der Waals surface area contributed by atoms with Crippen LogP contribution in [0.3, 0.4) is 0 Å². The van der Waals surface area contributed by atoms with E-state index in [-0.39, 0.29) is 30.7 Å². The number of nitrogens with zero attached hydrogens (tertiary/aromatic N) is 1. The molecule has 3 unspecified atom stereocenters. The van der Waals surface area contributed by atoms with E-state index in [4.69, 9.17) is 4.74 Å². The predicted molar refractivity (Wildman–Crippen MR) is 122 cm³/mol. The van der Waals surface area contributed by atoms with E-state index >= 15 is 0 Å². The minimum Gasteiger partial charge on any atom is -0.427 e. The van der Waals surface area contributed by atoms with Gasteiger partial charge >= 0.3 is 6.09 Å². The molecule has 1 aliphatic heterocycles. The molecular formula is C25H25BrN2O4. The molecule has 3 amide bonds. The van der Waals surface area contributed by atoms with Gasteiger partial charge in [0.2, 0.25) is 11.5 Å². The first kappa shape index (κ1) is 21.2. The quantitative estimate of drug-likeness (QED) is 0.633. The second-order valence-electron chi connectivity index (χ2n) is 9.09. The number of halogens is 1. The topological polar surface area (TPSA) is 75.7 Å². The summed E-state index contributed by atoms with van der Waals surface area (Å²) in [6, 6.07) is 15.8. The summed E-state index contributed by atoms with van der Waals surface area (Å²) in [5, 5.41) is 2.27. The van der Waals surface area contributed by atoms with Crippen molar-refractivity contribution in [2.45, 2.75) is 56.7 Å². The second kappa shape index (κ2) is 8.03. The Hall–Kier alpha value is -2.67. The summed E-state index contributed by atoms with van der Waals surface area (Å²) in [6.07, 6.45) is 2.11. The van der Waals surface area contributed by atoms with E-state index in [0.717, 1.165) is 28.4 Å². The first-order chi connectivity index (χ1) is 15.4. The van der Waals surface area contributed by atoms with Gasteiger partial charge in [0, 0.05) is 35.5 Å². The van der Waals surface area contributed by atoms with E-state index in [1.165, 1.54) is 0 Å². The highest BCUT2D eigenvalue weighted by molar-refractivity contribution is 9.10. The van der Waals surface area contributed by atoms with Gasteiger partial charge < -0.3 is 9.64 Å². The number of imide groups is 1. The van der Waals surface area contributed by atoms with Crippen LogP contribution in [-0.2, 0) is 26.5 Å². The second-order valence-corrected chi connectivity index (χ2v) is 10.0. The summed E-state index contributed by atoms with van der Waals surface area (Å²) < 4.78 is 6.38. The number of ether oxygens (including phenoxy) is 1. The van der Waals surface area contributed by atoms with Gasteiger partial charge in [0.05, 0.1) is 0 Å². The fraction of sp³-hybridized carbons (Fsp3) is 0.400. The Morgan fingerprint density at radius 3 is 2.62 bits per heavy atom. The smallest absolute Gasteiger partial charge is 0.415 e. The van der Waals surface area contributed by atoms with Crippen LogP contribution in [0.5, 0.6) is 0 Å². The minimum absolute atomic E-state index is 0.0611. The highest BCUT2D eigenvalue weighted by Gasteiger charge is 2.57. The maximum atomic E-state index is 13.6. The number of fused-ring (bicyclic) bond motifs is 2. The third-order valence-corrected chi connectivity index (χ3v) is 7.50. The standard InChI is InChI=1S/C25H25BrN2O4/c1-15(17-7-8-17)28(14-16-5-3-2-4-6-16)22(29)11-18-13-25(23(30)27-24(31)32-25)21-10-9-19(26)12-20(18)21/h2-6,9-10,12,15,17-18H,7-8,11,13-14H2,1H3,(H,27,30,31).